The first-order valence-electron chi connectivity index (χ1n) is 6.76. The summed E-state index contributed by atoms with van der Waals surface area (Å²) in [5.74, 6) is 1.60. The molecule has 0 atom stereocenters. The third-order valence-electron chi connectivity index (χ3n) is 4.45. The van der Waals surface area contributed by atoms with Crippen molar-refractivity contribution in [3.8, 4) is 17.6 Å². The summed E-state index contributed by atoms with van der Waals surface area (Å²) in [6.07, 6.45) is 3.47. The van der Waals surface area contributed by atoms with Crippen LogP contribution >= 0.6 is 0 Å². The molecule has 0 radical (unpaired) electrons. The molecule has 1 aromatic rings. The maximum absolute atomic E-state index is 9.35. The Kier molecular flexibility index (Phi) is 2.13. The first-order valence-corrected chi connectivity index (χ1v) is 6.76. The van der Waals surface area contributed by atoms with Gasteiger partial charge >= 0.3 is 0 Å². The number of rotatable bonds is 2. The number of aliphatic hydroxyl groups excluding tert-OH is 1. The normalized spacial score (nSPS) is 29.1. The van der Waals surface area contributed by atoms with E-state index in [4.69, 9.17) is 14.7 Å². The molecule has 2 aliphatic carbocycles. The van der Waals surface area contributed by atoms with Crippen molar-refractivity contribution in [2.45, 2.75) is 43.3 Å². The fourth-order valence-corrected chi connectivity index (χ4v) is 3.03. The van der Waals surface area contributed by atoms with E-state index in [2.05, 4.69) is 6.07 Å². The zero-order chi connectivity index (χ0) is 13.0. The first kappa shape index (κ1) is 11.1. The molecule has 0 unspecified atom stereocenters. The maximum atomic E-state index is 9.35. The minimum absolute atomic E-state index is 0.0736. The Morgan fingerprint density at radius 1 is 1.37 bits per heavy atom. The molecule has 0 bridgehead atoms. The monoisotopic (exact) mass is 257 g/mol. The van der Waals surface area contributed by atoms with E-state index in [0.717, 1.165) is 29.9 Å². The average molecular weight is 257 g/mol. The Hall–Kier alpha value is -1.73. The quantitative estimate of drug-likeness (QED) is 0.878. The molecule has 4 nitrogen and oxygen atoms in total. The molecular formula is C15H15NO3. The summed E-state index contributed by atoms with van der Waals surface area (Å²) in [7, 11) is 0. The van der Waals surface area contributed by atoms with Gasteiger partial charge in [-0.1, -0.05) is 0 Å². The Bertz CT molecular complexity index is 580. The summed E-state index contributed by atoms with van der Waals surface area (Å²) in [6, 6.07) is 5.78. The van der Waals surface area contributed by atoms with Gasteiger partial charge in [0.1, 0.15) is 17.6 Å². The molecule has 0 aromatic heterocycles. The lowest BCUT2D eigenvalue weighted by atomic mass is 9.91. The van der Waals surface area contributed by atoms with E-state index in [-0.39, 0.29) is 17.6 Å². The molecule has 2 saturated carbocycles. The minimum Gasteiger partial charge on any atom is -0.492 e. The van der Waals surface area contributed by atoms with Gasteiger partial charge in [-0.2, -0.15) is 5.26 Å². The van der Waals surface area contributed by atoms with Gasteiger partial charge in [-0.05, 0) is 25.0 Å². The Labute approximate surface area is 111 Å². The fraction of sp³-hybridized carbons (Fsp3) is 0.533. The highest BCUT2D eigenvalue weighted by atomic mass is 16.5. The molecule has 4 heteroatoms. The zero-order valence-electron chi connectivity index (χ0n) is 10.6. The molecule has 0 saturated heterocycles. The van der Waals surface area contributed by atoms with Gasteiger partial charge < -0.3 is 14.6 Å². The topological polar surface area (TPSA) is 62.5 Å². The van der Waals surface area contributed by atoms with E-state index in [0.29, 0.717) is 25.0 Å². The van der Waals surface area contributed by atoms with Crippen LogP contribution in [0, 0.1) is 11.3 Å². The van der Waals surface area contributed by atoms with Crippen LogP contribution < -0.4 is 9.47 Å². The predicted octanol–water partition coefficient (Wildman–Crippen LogP) is 1.88. The van der Waals surface area contributed by atoms with Crippen molar-refractivity contribution in [2.24, 2.45) is 0 Å². The minimum atomic E-state index is -0.233. The van der Waals surface area contributed by atoms with Gasteiger partial charge in [0.2, 0.25) is 0 Å². The Morgan fingerprint density at radius 3 is 2.79 bits per heavy atom. The van der Waals surface area contributed by atoms with Crippen LogP contribution in [-0.4, -0.2) is 23.9 Å². The molecule has 1 aromatic carbocycles. The molecule has 1 spiro atoms. The Morgan fingerprint density at radius 2 is 2.16 bits per heavy atom. The lowest BCUT2D eigenvalue weighted by Crippen LogP contribution is -2.37. The van der Waals surface area contributed by atoms with Crippen molar-refractivity contribution in [3.63, 3.8) is 0 Å². The van der Waals surface area contributed by atoms with Crippen LogP contribution in [0.15, 0.2) is 12.1 Å². The molecule has 98 valence electrons. The molecule has 1 N–H and O–H groups in total. The van der Waals surface area contributed by atoms with Crippen LogP contribution in [0.1, 0.15) is 36.8 Å². The second kappa shape index (κ2) is 3.64. The number of hydrogen-bond donors (Lipinski definition) is 1. The number of fused-ring (bicyclic) bond motifs is 2. The van der Waals surface area contributed by atoms with E-state index in [9.17, 15) is 5.11 Å². The molecule has 1 heterocycles. The van der Waals surface area contributed by atoms with E-state index in [1.165, 1.54) is 0 Å². The molecule has 2 fully saturated rings. The summed E-state index contributed by atoms with van der Waals surface area (Å²) in [6.45, 7) is 0.709. The number of benzene rings is 1. The van der Waals surface area contributed by atoms with Crippen LogP contribution in [0.25, 0.3) is 0 Å². The second-order valence-corrected chi connectivity index (χ2v) is 5.89. The molecule has 1 aliphatic heterocycles. The highest BCUT2D eigenvalue weighted by Crippen LogP contribution is 2.59. The largest absolute Gasteiger partial charge is 0.492 e. The smallest absolute Gasteiger partial charge is 0.128 e. The lowest BCUT2D eigenvalue weighted by molar-refractivity contribution is -0.0113. The predicted molar refractivity (Wildman–Crippen MR) is 67.2 cm³/mol. The Balaban J connectivity index is 1.72. The van der Waals surface area contributed by atoms with E-state index >= 15 is 0 Å². The van der Waals surface area contributed by atoms with Gasteiger partial charge in [0.25, 0.3) is 0 Å². The van der Waals surface area contributed by atoms with Gasteiger partial charge in [-0.15, -0.1) is 0 Å². The van der Waals surface area contributed by atoms with Gasteiger partial charge in [0, 0.05) is 23.8 Å². The van der Waals surface area contributed by atoms with Gasteiger partial charge in [-0.25, -0.2) is 0 Å². The number of ether oxygens (including phenoxy) is 2. The fourth-order valence-electron chi connectivity index (χ4n) is 3.03. The van der Waals surface area contributed by atoms with Crippen molar-refractivity contribution >= 4 is 0 Å². The van der Waals surface area contributed by atoms with Crippen molar-refractivity contribution in [3.05, 3.63) is 23.3 Å². The summed E-state index contributed by atoms with van der Waals surface area (Å²) < 4.78 is 11.7. The molecular weight excluding hydrogens is 242 g/mol. The van der Waals surface area contributed by atoms with Crippen molar-refractivity contribution in [1.29, 1.82) is 5.26 Å². The highest BCUT2D eigenvalue weighted by Gasteiger charge is 2.53. The van der Waals surface area contributed by atoms with Crippen molar-refractivity contribution in [1.82, 2.24) is 0 Å². The average Bonchev–Trinajstić information content (AvgIpc) is 3.04. The van der Waals surface area contributed by atoms with Crippen LogP contribution in [0.4, 0.5) is 0 Å². The summed E-state index contributed by atoms with van der Waals surface area (Å²) in [5.41, 5.74) is 1.86. The molecule has 4 rings (SSSR count). The molecule has 0 amide bonds. The third-order valence-corrected chi connectivity index (χ3v) is 4.45. The number of hydrogen-bond acceptors (Lipinski definition) is 4. The second-order valence-electron chi connectivity index (χ2n) is 5.89. The van der Waals surface area contributed by atoms with Crippen molar-refractivity contribution < 1.29 is 14.6 Å². The summed E-state index contributed by atoms with van der Waals surface area (Å²) in [5, 5.41) is 18.4. The van der Waals surface area contributed by atoms with E-state index < -0.39 is 0 Å². The van der Waals surface area contributed by atoms with Crippen LogP contribution in [-0.2, 0) is 5.41 Å². The van der Waals surface area contributed by atoms with Gasteiger partial charge in [0.05, 0.1) is 24.3 Å². The maximum Gasteiger partial charge on any atom is 0.128 e. The van der Waals surface area contributed by atoms with Gasteiger partial charge in [-0.3, -0.25) is 0 Å². The SMILES string of the molecule is N#Cc1cc2c(c(OC3CC(O)C3)c1)C1(CC1)CO2. The van der Waals surface area contributed by atoms with E-state index in [1.807, 2.05) is 12.1 Å². The number of nitriles is 1. The van der Waals surface area contributed by atoms with Crippen LogP contribution in [0.2, 0.25) is 0 Å². The molecule has 3 aliphatic rings. The van der Waals surface area contributed by atoms with Gasteiger partial charge in [0.15, 0.2) is 0 Å². The van der Waals surface area contributed by atoms with Crippen LogP contribution in [0.3, 0.4) is 0 Å². The number of nitrogens with zero attached hydrogens (tertiary/aromatic N) is 1. The first-order chi connectivity index (χ1) is 9.20. The summed E-state index contributed by atoms with van der Waals surface area (Å²) >= 11 is 0. The lowest BCUT2D eigenvalue weighted by Gasteiger charge is -2.32. The summed E-state index contributed by atoms with van der Waals surface area (Å²) in [4.78, 5) is 0. The van der Waals surface area contributed by atoms with Crippen molar-refractivity contribution in [2.75, 3.05) is 6.61 Å². The third kappa shape index (κ3) is 1.62. The molecule has 19 heavy (non-hydrogen) atoms. The standard InChI is InChI=1S/C15H15NO3/c16-7-9-3-12-14(15(1-2-15)8-18-12)13(4-9)19-11-5-10(17)6-11/h3-4,10-11,17H,1-2,5-6,8H2. The van der Waals surface area contributed by atoms with Crippen LogP contribution in [0.5, 0.6) is 11.5 Å². The van der Waals surface area contributed by atoms with E-state index in [1.54, 1.807) is 0 Å². The highest BCUT2D eigenvalue weighted by molar-refractivity contribution is 5.59. The zero-order valence-corrected chi connectivity index (χ0v) is 10.6. The number of aliphatic hydroxyl groups is 1.